The Bertz CT molecular complexity index is 2980. The maximum Gasteiger partial charge on any atom is 0.267 e. The van der Waals surface area contributed by atoms with E-state index >= 15 is 0 Å². The molecular formula is C56H76N16O11. The maximum absolute atomic E-state index is 14.5. The minimum Gasteiger partial charge on any atom is -0.394 e. The number of fused-ring (bicyclic) bond motifs is 1. The van der Waals surface area contributed by atoms with E-state index in [1.165, 1.54) is 17.4 Å². The zero-order chi connectivity index (χ0) is 60.2. The summed E-state index contributed by atoms with van der Waals surface area (Å²) in [6, 6.07) is 5.72. The Labute approximate surface area is 479 Å². The molecule has 0 bridgehead atoms. The third-order valence-electron chi connectivity index (χ3n) is 14.0. The van der Waals surface area contributed by atoms with Gasteiger partial charge in [-0.2, -0.15) is 0 Å². The number of aromatic amines is 2. The fourth-order valence-corrected chi connectivity index (χ4v) is 9.78. The zero-order valence-electron chi connectivity index (χ0n) is 46.8. The Morgan fingerprint density at radius 3 is 2.07 bits per heavy atom. The van der Waals surface area contributed by atoms with Gasteiger partial charge in [-0.1, -0.05) is 69.0 Å². The second kappa shape index (κ2) is 30.6. The number of likely N-dealkylation sites (tertiary alicyclic amines) is 1. The van der Waals surface area contributed by atoms with Crippen molar-refractivity contribution in [2.75, 3.05) is 26.2 Å². The van der Waals surface area contributed by atoms with Crippen molar-refractivity contribution in [1.82, 2.24) is 67.7 Å². The summed E-state index contributed by atoms with van der Waals surface area (Å²) < 4.78 is 0. The van der Waals surface area contributed by atoms with Gasteiger partial charge in [0.05, 0.1) is 18.6 Å². The highest BCUT2D eigenvalue weighted by atomic mass is 16.3. The van der Waals surface area contributed by atoms with E-state index in [9.17, 15) is 53.1 Å². The van der Waals surface area contributed by atoms with Crippen molar-refractivity contribution in [2.24, 2.45) is 22.4 Å². The van der Waals surface area contributed by atoms with Crippen molar-refractivity contribution >= 4 is 75.9 Å². The van der Waals surface area contributed by atoms with E-state index in [2.05, 4.69) is 74.4 Å². The number of nitrogens with two attached hydrogens (primary N) is 2. The van der Waals surface area contributed by atoms with Crippen LogP contribution in [0.25, 0.3) is 10.9 Å². The van der Waals surface area contributed by atoms with Crippen LogP contribution in [0.3, 0.4) is 0 Å². The van der Waals surface area contributed by atoms with Crippen LogP contribution in [0.4, 0.5) is 0 Å². The van der Waals surface area contributed by atoms with Gasteiger partial charge in [0, 0.05) is 74.3 Å². The van der Waals surface area contributed by atoms with Crippen molar-refractivity contribution in [1.29, 1.82) is 0 Å². The first kappa shape index (κ1) is 63.0. The van der Waals surface area contributed by atoms with E-state index in [0.717, 1.165) is 10.9 Å². The first-order valence-electron chi connectivity index (χ1n) is 27.7. The lowest BCUT2D eigenvalue weighted by molar-refractivity contribution is -0.142. The molecule has 2 aromatic carbocycles. The molecule has 2 fully saturated rings. The number of benzene rings is 2. The number of aliphatic hydroxyl groups is 1. The highest BCUT2D eigenvalue weighted by molar-refractivity contribution is 6.02. The summed E-state index contributed by atoms with van der Waals surface area (Å²) in [7, 11) is 0. The Morgan fingerprint density at radius 1 is 0.771 bits per heavy atom. The molecular weight excluding hydrogens is 1070 g/mol. The number of aliphatic imine (C=N–C) groups is 1. The molecule has 2 aliphatic rings. The standard InChI is InChI=1S/C56H76N16O11/c1-5-60-54(82)45-18-12-22-72(45)55(83)39(17-11-21-61-56(57)58)66-50(78)40(23-31(2)3)67-47(75)32(4)64-49(77)41(24-33-13-7-6-8-14-33)68-53(81)44(29-73)71-51(79)42(25-34-27-62-37-16-10-9-15-36(34)37)69-52(80)43(26-35-28-59-30-63-35)70-48(76)38-19-20-46(74)65-38/h6-10,13-16,27-28,30-31,38-45,62,73H,4-5,11-12,17-26,29H2,1-3H3,(H,59,63)(H,60,82)(H,64,77)(H,65,74)(H,66,78)(H,67,75)(H,68,81)(H,69,80)(H,70,76)(H,71,79)(H4,57,58,61)/t38-,39-,40-,41-,42-,43-,44-,45-/m0/s1. The van der Waals surface area contributed by atoms with Crippen molar-refractivity contribution in [3.63, 3.8) is 0 Å². The normalized spacial score (nSPS) is 16.9. The number of hydrogen-bond acceptors (Lipinski definition) is 13. The Balaban J connectivity index is 1.17. The Morgan fingerprint density at radius 2 is 1.42 bits per heavy atom. The van der Waals surface area contributed by atoms with Gasteiger partial charge >= 0.3 is 0 Å². The fraction of sp³-hybridized carbons (Fsp3) is 0.464. The zero-order valence-corrected chi connectivity index (χ0v) is 46.8. The number of carbonyl (C=O) groups excluding carboxylic acids is 10. The summed E-state index contributed by atoms with van der Waals surface area (Å²) in [6.07, 6.45) is 5.85. The number of rotatable bonds is 30. The van der Waals surface area contributed by atoms with Crippen LogP contribution in [0.15, 0.2) is 90.6 Å². The molecule has 10 amide bonds. The molecule has 6 rings (SSSR count). The predicted molar refractivity (Wildman–Crippen MR) is 304 cm³/mol. The van der Waals surface area contributed by atoms with E-state index in [1.807, 2.05) is 26.0 Å². The van der Waals surface area contributed by atoms with E-state index in [1.54, 1.807) is 55.6 Å². The molecule has 4 aromatic rings. The van der Waals surface area contributed by atoms with E-state index in [0.29, 0.717) is 36.2 Å². The lowest BCUT2D eigenvalue weighted by Gasteiger charge is -2.30. The van der Waals surface area contributed by atoms with Crippen LogP contribution in [-0.4, -0.2) is 165 Å². The summed E-state index contributed by atoms with van der Waals surface area (Å²) in [5.41, 5.74) is 12.8. The number of H-pyrrole nitrogens is 2. The van der Waals surface area contributed by atoms with Gasteiger partial charge in [0.2, 0.25) is 53.2 Å². The van der Waals surface area contributed by atoms with Gasteiger partial charge in [-0.3, -0.25) is 52.9 Å². The van der Waals surface area contributed by atoms with Crippen LogP contribution in [0, 0.1) is 5.92 Å². The molecule has 8 atom stereocenters. The number of likely N-dealkylation sites (N-methyl/N-ethyl adjacent to an activating group) is 1. The Hall–Kier alpha value is -9.14. The molecule has 0 unspecified atom stereocenters. The monoisotopic (exact) mass is 1150 g/mol. The van der Waals surface area contributed by atoms with Crippen LogP contribution in [-0.2, 0) is 67.2 Å². The molecule has 4 heterocycles. The van der Waals surface area contributed by atoms with Crippen molar-refractivity contribution in [3.05, 3.63) is 102 Å². The quantitative estimate of drug-likeness (QED) is 0.0116. The average Bonchev–Trinajstić information content (AvgIpc) is 4.53. The highest BCUT2D eigenvalue weighted by Crippen LogP contribution is 2.22. The number of nitrogens with zero attached hydrogens (tertiary/aromatic N) is 3. The number of amides is 10. The molecule has 27 heteroatoms. The van der Waals surface area contributed by atoms with Crippen molar-refractivity contribution in [2.45, 2.75) is 133 Å². The molecule has 83 heavy (non-hydrogen) atoms. The second-order valence-electron chi connectivity index (χ2n) is 20.8. The van der Waals surface area contributed by atoms with Crippen molar-refractivity contribution < 1.29 is 53.1 Å². The fourth-order valence-electron chi connectivity index (χ4n) is 9.78. The van der Waals surface area contributed by atoms with E-state index < -0.39 is 108 Å². The smallest absolute Gasteiger partial charge is 0.267 e. The Kier molecular flexibility index (Phi) is 23.3. The number of para-hydroxylation sites is 1. The number of hydrogen-bond donors (Lipinski definition) is 14. The van der Waals surface area contributed by atoms with Gasteiger partial charge in [-0.25, -0.2) is 4.98 Å². The number of nitrogens with one attached hydrogen (secondary N) is 11. The summed E-state index contributed by atoms with van der Waals surface area (Å²) in [6.45, 7) is 8.93. The highest BCUT2D eigenvalue weighted by Gasteiger charge is 2.39. The third kappa shape index (κ3) is 18.4. The molecule has 0 aliphatic carbocycles. The van der Waals surface area contributed by atoms with Crippen LogP contribution in [0.2, 0.25) is 0 Å². The summed E-state index contributed by atoms with van der Waals surface area (Å²) in [5.74, 6) is -7.52. The maximum atomic E-state index is 14.5. The molecule has 16 N–H and O–H groups in total. The first-order valence-corrected chi connectivity index (χ1v) is 27.7. The van der Waals surface area contributed by atoms with E-state index in [4.69, 9.17) is 11.5 Å². The lowest BCUT2D eigenvalue weighted by Crippen LogP contribution is -2.60. The third-order valence-corrected chi connectivity index (χ3v) is 14.0. The molecule has 27 nitrogen and oxygen atoms in total. The van der Waals surface area contributed by atoms with Gasteiger partial charge in [0.15, 0.2) is 5.96 Å². The second-order valence-corrected chi connectivity index (χ2v) is 20.8. The largest absolute Gasteiger partial charge is 0.394 e. The summed E-state index contributed by atoms with van der Waals surface area (Å²) in [4.78, 5) is 153. The average molecular weight is 1150 g/mol. The van der Waals surface area contributed by atoms with Crippen LogP contribution < -0.4 is 59.3 Å². The number of imidazole rings is 1. The minimum absolute atomic E-state index is 0.0792. The van der Waals surface area contributed by atoms with Crippen LogP contribution in [0.5, 0.6) is 0 Å². The molecule has 0 spiro atoms. The molecule has 2 saturated heterocycles. The molecule has 446 valence electrons. The summed E-state index contributed by atoms with van der Waals surface area (Å²) >= 11 is 0. The molecule has 2 aromatic heterocycles. The minimum atomic E-state index is -1.73. The van der Waals surface area contributed by atoms with Gasteiger partial charge in [-0.05, 0) is 68.6 Å². The van der Waals surface area contributed by atoms with Gasteiger partial charge in [0.25, 0.3) is 5.91 Å². The van der Waals surface area contributed by atoms with Crippen molar-refractivity contribution in [3.8, 4) is 0 Å². The molecule has 0 radical (unpaired) electrons. The lowest BCUT2D eigenvalue weighted by atomic mass is 10.0. The number of guanidine groups is 1. The van der Waals surface area contributed by atoms with Gasteiger partial charge < -0.3 is 79.3 Å². The summed E-state index contributed by atoms with van der Waals surface area (Å²) in [5, 5.41) is 35.0. The first-order chi connectivity index (χ1) is 39.7. The number of aliphatic hydroxyl groups excluding tert-OH is 1. The number of carbonyl (C=O) groups is 10. The van der Waals surface area contributed by atoms with E-state index in [-0.39, 0.29) is 88.1 Å². The SMILES string of the molecule is C=C(NC(=O)[C@H](Cc1ccccc1)NC(=O)[C@H](CO)NC(=O)[C@H](Cc1c[nH]c2ccccc12)NC(=O)[C@H](Cc1cnc[nH]1)NC(=O)[C@@H]1CCC(=O)N1)C(=O)N[C@@H](CC(C)C)C(=O)N[C@@H](CCCN=C(N)N)C(=O)N1CCC[C@H]1C(=O)NCC. The predicted octanol–water partition coefficient (Wildman–Crippen LogP) is -2.04. The van der Waals surface area contributed by atoms with Gasteiger partial charge in [0.1, 0.15) is 48.3 Å². The van der Waals surface area contributed by atoms with Crippen LogP contribution >= 0.6 is 0 Å². The van der Waals surface area contributed by atoms with Crippen LogP contribution in [0.1, 0.15) is 82.5 Å². The van der Waals surface area contributed by atoms with Gasteiger partial charge in [-0.15, -0.1) is 0 Å². The number of aromatic nitrogens is 3. The topological polar surface area (TPSA) is 411 Å². The molecule has 0 saturated carbocycles. The molecule has 2 aliphatic heterocycles.